The van der Waals surface area contributed by atoms with Crippen molar-refractivity contribution in [2.24, 2.45) is 0 Å². The number of halogens is 2. The Morgan fingerprint density at radius 2 is 1.96 bits per heavy atom. The van der Waals surface area contributed by atoms with Crippen molar-refractivity contribution in [1.29, 1.82) is 0 Å². The van der Waals surface area contributed by atoms with Crippen molar-refractivity contribution in [3.63, 3.8) is 0 Å². The van der Waals surface area contributed by atoms with E-state index in [-0.39, 0.29) is 10.8 Å². The molecule has 0 aliphatic heterocycles. The van der Waals surface area contributed by atoms with E-state index in [1.807, 2.05) is 24.3 Å². The van der Waals surface area contributed by atoms with Crippen LogP contribution in [-0.2, 0) is 6.54 Å². The molecular formula is C18H15ClFN3O. The van der Waals surface area contributed by atoms with Crippen molar-refractivity contribution in [2.45, 2.75) is 13.5 Å². The van der Waals surface area contributed by atoms with Crippen molar-refractivity contribution in [3.8, 4) is 5.69 Å². The van der Waals surface area contributed by atoms with E-state index < -0.39 is 5.56 Å². The van der Waals surface area contributed by atoms with Gasteiger partial charge in [-0.1, -0.05) is 41.9 Å². The molecule has 0 atom stereocenters. The number of para-hydroxylation sites is 1. The third-order valence-electron chi connectivity index (χ3n) is 3.64. The Bertz CT molecular complexity index is 925. The molecule has 0 saturated heterocycles. The standard InChI is InChI=1S/C18H15ClFN3O/c1-12-7-8-13(9-15(12)20)10-21-16-11-22-23(18(24)17(16)19)14-5-3-2-4-6-14/h2-9,11,21H,10H2,1H3. The van der Waals surface area contributed by atoms with Crippen molar-refractivity contribution < 1.29 is 4.39 Å². The molecule has 2 aromatic carbocycles. The van der Waals surface area contributed by atoms with Crippen LogP contribution in [0.15, 0.2) is 59.5 Å². The predicted octanol–water partition coefficient (Wildman–Crippen LogP) is 3.95. The first-order valence-corrected chi connectivity index (χ1v) is 7.76. The average molecular weight is 344 g/mol. The van der Waals surface area contributed by atoms with E-state index in [4.69, 9.17) is 11.6 Å². The van der Waals surface area contributed by atoms with Gasteiger partial charge in [0.1, 0.15) is 10.8 Å². The number of anilines is 1. The van der Waals surface area contributed by atoms with Crippen LogP contribution in [0, 0.1) is 12.7 Å². The van der Waals surface area contributed by atoms with Crippen LogP contribution in [0.2, 0.25) is 5.02 Å². The zero-order valence-electron chi connectivity index (χ0n) is 13.0. The molecule has 0 amide bonds. The van der Waals surface area contributed by atoms with Crippen molar-refractivity contribution in [1.82, 2.24) is 9.78 Å². The maximum atomic E-state index is 13.6. The van der Waals surface area contributed by atoms with Crippen LogP contribution in [0.5, 0.6) is 0 Å². The number of nitrogens with one attached hydrogen (secondary N) is 1. The lowest BCUT2D eigenvalue weighted by atomic mass is 10.1. The van der Waals surface area contributed by atoms with Gasteiger partial charge in [0.15, 0.2) is 0 Å². The van der Waals surface area contributed by atoms with Gasteiger partial charge < -0.3 is 5.32 Å². The Morgan fingerprint density at radius 3 is 2.67 bits per heavy atom. The third-order valence-corrected chi connectivity index (χ3v) is 4.00. The maximum Gasteiger partial charge on any atom is 0.292 e. The molecule has 4 nitrogen and oxygen atoms in total. The summed E-state index contributed by atoms with van der Waals surface area (Å²) in [6, 6.07) is 14.0. The Balaban J connectivity index is 1.83. The monoisotopic (exact) mass is 343 g/mol. The molecule has 1 aromatic heterocycles. The zero-order chi connectivity index (χ0) is 17.1. The van der Waals surface area contributed by atoms with Crippen LogP contribution in [0.3, 0.4) is 0 Å². The van der Waals surface area contributed by atoms with Crippen LogP contribution in [-0.4, -0.2) is 9.78 Å². The van der Waals surface area contributed by atoms with Crippen molar-refractivity contribution in [2.75, 3.05) is 5.32 Å². The summed E-state index contributed by atoms with van der Waals surface area (Å²) in [6.45, 7) is 2.05. The van der Waals surface area contributed by atoms with E-state index in [0.717, 1.165) is 5.56 Å². The summed E-state index contributed by atoms with van der Waals surface area (Å²) < 4.78 is 14.8. The Kier molecular flexibility index (Phi) is 4.62. The van der Waals surface area contributed by atoms with Gasteiger partial charge in [-0.25, -0.2) is 4.39 Å². The third kappa shape index (κ3) is 3.31. The lowest BCUT2D eigenvalue weighted by Crippen LogP contribution is -2.22. The summed E-state index contributed by atoms with van der Waals surface area (Å²) in [5.74, 6) is -0.266. The number of hydrogen-bond donors (Lipinski definition) is 1. The number of hydrogen-bond acceptors (Lipinski definition) is 3. The first-order chi connectivity index (χ1) is 11.6. The highest BCUT2D eigenvalue weighted by atomic mass is 35.5. The van der Waals surface area contributed by atoms with Gasteiger partial charge in [0.25, 0.3) is 5.56 Å². The van der Waals surface area contributed by atoms with E-state index in [9.17, 15) is 9.18 Å². The van der Waals surface area contributed by atoms with Crippen LogP contribution in [0.25, 0.3) is 5.69 Å². The van der Waals surface area contributed by atoms with Gasteiger partial charge >= 0.3 is 0 Å². The second kappa shape index (κ2) is 6.84. The molecular weight excluding hydrogens is 329 g/mol. The van der Waals surface area contributed by atoms with Gasteiger partial charge in [0, 0.05) is 6.54 Å². The summed E-state index contributed by atoms with van der Waals surface area (Å²) in [4.78, 5) is 12.4. The van der Waals surface area contributed by atoms with Gasteiger partial charge in [-0.05, 0) is 36.2 Å². The van der Waals surface area contributed by atoms with E-state index in [1.165, 1.54) is 16.9 Å². The molecule has 24 heavy (non-hydrogen) atoms. The minimum Gasteiger partial charge on any atom is -0.378 e. The largest absolute Gasteiger partial charge is 0.378 e. The molecule has 3 rings (SSSR count). The normalized spacial score (nSPS) is 10.6. The maximum absolute atomic E-state index is 13.6. The van der Waals surface area contributed by atoms with Crippen molar-refractivity contribution >= 4 is 17.3 Å². The summed E-state index contributed by atoms with van der Waals surface area (Å²) >= 11 is 6.16. The second-order valence-corrected chi connectivity index (χ2v) is 5.74. The van der Waals surface area contributed by atoms with Crippen LogP contribution in [0.1, 0.15) is 11.1 Å². The molecule has 6 heteroatoms. The molecule has 1 N–H and O–H groups in total. The fourth-order valence-electron chi connectivity index (χ4n) is 2.25. The molecule has 3 aromatic rings. The molecule has 0 unspecified atom stereocenters. The van der Waals surface area contributed by atoms with Gasteiger partial charge in [-0.2, -0.15) is 9.78 Å². The molecule has 1 heterocycles. The highest BCUT2D eigenvalue weighted by Crippen LogP contribution is 2.18. The topological polar surface area (TPSA) is 46.9 Å². The molecule has 0 aliphatic rings. The number of rotatable bonds is 4. The predicted molar refractivity (Wildman–Crippen MR) is 93.3 cm³/mol. The molecule has 0 fully saturated rings. The smallest absolute Gasteiger partial charge is 0.292 e. The summed E-state index contributed by atoms with van der Waals surface area (Å²) in [5, 5.41) is 7.20. The van der Waals surface area contributed by atoms with E-state index in [2.05, 4.69) is 10.4 Å². The first kappa shape index (κ1) is 16.2. The quantitative estimate of drug-likeness (QED) is 0.780. The summed E-state index contributed by atoms with van der Waals surface area (Å²) in [7, 11) is 0. The van der Waals surface area contributed by atoms with E-state index in [0.29, 0.717) is 23.5 Å². The highest BCUT2D eigenvalue weighted by Gasteiger charge is 2.10. The first-order valence-electron chi connectivity index (χ1n) is 7.38. The Hall–Kier alpha value is -2.66. The van der Waals surface area contributed by atoms with Crippen molar-refractivity contribution in [3.05, 3.63) is 87.0 Å². The summed E-state index contributed by atoms with van der Waals surface area (Å²) in [5.41, 5.74) is 1.97. The molecule has 0 bridgehead atoms. The van der Waals surface area contributed by atoms with E-state index >= 15 is 0 Å². The van der Waals surface area contributed by atoms with Crippen LogP contribution < -0.4 is 10.9 Å². The summed E-state index contributed by atoms with van der Waals surface area (Å²) in [6.07, 6.45) is 1.49. The van der Waals surface area contributed by atoms with Gasteiger partial charge in [0.2, 0.25) is 0 Å². The fraction of sp³-hybridized carbons (Fsp3) is 0.111. The molecule has 0 saturated carbocycles. The number of aryl methyl sites for hydroxylation is 1. The lowest BCUT2D eigenvalue weighted by molar-refractivity contribution is 0.616. The molecule has 0 radical (unpaired) electrons. The number of aromatic nitrogens is 2. The number of nitrogens with zero attached hydrogens (tertiary/aromatic N) is 2. The zero-order valence-corrected chi connectivity index (χ0v) is 13.7. The van der Waals surface area contributed by atoms with Crippen LogP contribution >= 0.6 is 11.6 Å². The average Bonchev–Trinajstić information content (AvgIpc) is 2.60. The Morgan fingerprint density at radius 1 is 1.21 bits per heavy atom. The van der Waals surface area contributed by atoms with E-state index in [1.54, 1.807) is 25.1 Å². The molecule has 0 spiro atoms. The van der Waals surface area contributed by atoms with Gasteiger partial charge in [-0.3, -0.25) is 4.79 Å². The SMILES string of the molecule is Cc1ccc(CNc2cnn(-c3ccccc3)c(=O)c2Cl)cc1F. The lowest BCUT2D eigenvalue weighted by Gasteiger charge is -2.11. The fourth-order valence-corrected chi connectivity index (χ4v) is 2.45. The minimum absolute atomic E-state index is 0.0430. The minimum atomic E-state index is -0.414. The molecule has 0 aliphatic carbocycles. The van der Waals surface area contributed by atoms with Crippen LogP contribution in [0.4, 0.5) is 10.1 Å². The molecule has 122 valence electrons. The van der Waals surface area contributed by atoms with Gasteiger partial charge in [0.05, 0.1) is 17.6 Å². The highest BCUT2D eigenvalue weighted by molar-refractivity contribution is 6.32. The second-order valence-electron chi connectivity index (χ2n) is 5.36. The van der Waals surface area contributed by atoms with Gasteiger partial charge in [-0.15, -0.1) is 0 Å². The Labute approximate surface area is 143 Å². The number of benzene rings is 2.